The zero-order valence-electron chi connectivity index (χ0n) is 18.4. The summed E-state index contributed by atoms with van der Waals surface area (Å²) in [5.41, 5.74) is 2.02. The summed E-state index contributed by atoms with van der Waals surface area (Å²) < 4.78 is 10.4. The molecule has 3 aromatic rings. The molecule has 7 nitrogen and oxygen atoms in total. The Morgan fingerprint density at radius 1 is 0.812 bits per heavy atom. The first-order chi connectivity index (χ1) is 15.5. The van der Waals surface area contributed by atoms with Gasteiger partial charge >= 0.3 is 0 Å². The lowest BCUT2D eigenvalue weighted by atomic mass is 10.0. The van der Waals surface area contributed by atoms with Crippen LogP contribution in [0, 0.1) is 0 Å². The van der Waals surface area contributed by atoms with Crippen molar-refractivity contribution < 1.29 is 19.1 Å². The molecule has 32 heavy (non-hydrogen) atoms. The Balaban J connectivity index is 1.75. The number of hydrogen-bond acceptors (Lipinski definition) is 5. The van der Waals surface area contributed by atoms with Gasteiger partial charge in [-0.05, 0) is 36.9 Å². The van der Waals surface area contributed by atoms with E-state index in [0.29, 0.717) is 22.9 Å². The Labute approximate surface area is 188 Å². The number of anilines is 2. The molecule has 0 bridgehead atoms. The van der Waals surface area contributed by atoms with Crippen molar-refractivity contribution in [1.29, 1.82) is 0 Å². The monoisotopic (exact) mass is 433 g/mol. The molecule has 0 aliphatic carbocycles. The van der Waals surface area contributed by atoms with E-state index in [1.807, 2.05) is 30.3 Å². The van der Waals surface area contributed by atoms with Gasteiger partial charge in [-0.3, -0.25) is 14.5 Å². The van der Waals surface area contributed by atoms with Crippen molar-refractivity contribution in [3.8, 4) is 11.5 Å². The zero-order valence-corrected chi connectivity index (χ0v) is 18.4. The molecule has 0 fully saturated rings. The lowest BCUT2D eigenvalue weighted by molar-refractivity contribution is -0.123. The first-order valence-corrected chi connectivity index (χ1v) is 10.1. The van der Waals surface area contributed by atoms with E-state index in [1.165, 1.54) is 0 Å². The molecule has 0 aliphatic rings. The van der Waals surface area contributed by atoms with Crippen LogP contribution in [0.1, 0.15) is 11.6 Å². The second-order valence-electron chi connectivity index (χ2n) is 7.23. The number of nitrogens with one attached hydrogen (secondary N) is 2. The maximum Gasteiger partial charge on any atom is 0.246 e. The highest BCUT2D eigenvalue weighted by Gasteiger charge is 2.27. The van der Waals surface area contributed by atoms with E-state index in [4.69, 9.17) is 9.47 Å². The summed E-state index contributed by atoms with van der Waals surface area (Å²) in [7, 11) is 4.89. The second kappa shape index (κ2) is 11.0. The summed E-state index contributed by atoms with van der Waals surface area (Å²) in [6.07, 6.45) is 0. The van der Waals surface area contributed by atoms with E-state index >= 15 is 0 Å². The molecular weight excluding hydrogens is 406 g/mol. The van der Waals surface area contributed by atoms with Gasteiger partial charge in [0.25, 0.3) is 0 Å². The van der Waals surface area contributed by atoms with E-state index in [-0.39, 0.29) is 18.4 Å². The fraction of sp³-hybridized carbons (Fsp3) is 0.200. The molecular formula is C25H27N3O4. The van der Waals surface area contributed by atoms with Gasteiger partial charge in [0.05, 0.1) is 20.8 Å². The van der Waals surface area contributed by atoms with Crippen molar-refractivity contribution in [3.05, 3.63) is 84.4 Å². The number of hydrogen-bond donors (Lipinski definition) is 2. The molecule has 2 N–H and O–H groups in total. The Morgan fingerprint density at radius 3 is 1.94 bits per heavy atom. The summed E-state index contributed by atoms with van der Waals surface area (Å²) in [4.78, 5) is 27.6. The molecule has 166 valence electrons. The van der Waals surface area contributed by atoms with Gasteiger partial charge in [0.15, 0.2) is 0 Å². The molecule has 0 aliphatic heterocycles. The van der Waals surface area contributed by atoms with Crippen LogP contribution in [0.25, 0.3) is 0 Å². The van der Waals surface area contributed by atoms with Crippen molar-refractivity contribution >= 4 is 23.2 Å². The van der Waals surface area contributed by atoms with Crippen molar-refractivity contribution in [3.63, 3.8) is 0 Å². The Kier molecular flexibility index (Phi) is 7.83. The SMILES string of the molecule is COc1cccc(NC(=O)CN(C)[C@@H](C(=O)Nc2cccc(OC)c2)c2ccccc2)c1. The molecule has 0 radical (unpaired) electrons. The van der Waals surface area contributed by atoms with Crippen LogP contribution in [0.5, 0.6) is 11.5 Å². The Morgan fingerprint density at radius 2 is 1.38 bits per heavy atom. The van der Waals surface area contributed by atoms with Crippen LogP contribution in [0.15, 0.2) is 78.9 Å². The summed E-state index contributed by atoms with van der Waals surface area (Å²) in [6, 6.07) is 22.9. The summed E-state index contributed by atoms with van der Waals surface area (Å²) in [6.45, 7) is 0.0162. The summed E-state index contributed by atoms with van der Waals surface area (Å²) >= 11 is 0. The minimum Gasteiger partial charge on any atom is -0.497 e. The Hall–Kier alpha value is -3.84. The first kappa shape index (κ1) is 22.8. The third kappa shape index (κ3) is 6.09. The third-order valence-electron chi connectivity index (χ3n) is 4.89. The van der Waals surface area contributed by atoms with Gasteiger partial charge < -0.3 is 20.1 Å². The number of nitrogens with zero attached hydrogens (tertiary/aromatic N) is 1. The topological polar surface area (TPSA) is 79.9 Å². The predicted octanol–water partition coefficient (Wildman–Crippen LogP) is 3.95. The van der Waals surface area contributed by atoms with Gasteiger partial charge in [0.1, 0.15) is 17.5 Å². The largest absolute Gasteiger partial charge is 0.497 e. The fourth-order valence-corrected chi connectivity index (χ4v) is 3.37. The van der Waals surface area contributed by atoms with E-state index in [9.17, 15) is 9.59 Å². The van der Waals surface area contributed by atoms with Crippen LogP contribution in [0.3, 0.4) is 0 Å². The number of carbonyl (C=O) groups is 2. The number of carbonyl (C=O) groups excluding carboxylic acids is 2. The van der Waals surface area contributed by atoms with Crippen LogP contribution >= 0.6 is 0 Å². The number of rotatable bonds is 9. The number of ether oxygens (including phenoxy) is 2. The van der Waals surface area contributed by atoms with Crippen molar-refractivity contribution in [2.45, 2.75) is 6.04 Å². The van der Waals surface area contributed by atoms with Crippen LogP contribution in [0.2, 0.25) is 0 Å². The van der Waals surface area contributed by atoms with Gasteiger partial charge in [-0.15, -0.1) is 0 Å². The quantitative estimate of drug-likeness (QED) is 0.534. The standard InChI is InChI=1S/C25H27N3O4/c1-28(17-23(29)26-19-11-7-13-21(15-19)31-2)24(18-9-5-4-6-10-18)25(30)27-20-12-8-14-22(16-20)32-3/h4-16,24H,17H2,1-3H3,(H,26,29)(H,27,30)/t24-/m1/s1. The van der Waals surface area contributed by atoms with Crippen LogP contribution in [0.4, 0.5) is 11.4 Å². The molecule has 0 spiro atoms. The fourth-order valence-electron chi connectivity index (χ4n) is 3.37. The van der Waals surface area contributed by atoms with Gasteiger partial charge in [-0.2, -0.15) is 0 Å². The van der Waals surface area contributed by atoms with E-state index in [2.05, 4.69) is 10.6 Å². The van der Waals surface area contributed by atoms with Crippen molar-refractivity contribution in [2.24, 2.45) is 0 Å². The minimum absolute atomic E-state index is 0.0162. The second-order valence-corrected chi connectivity index (χ2v) is 7.23. The first-order valence-electron chi connectivity index (χ1n) is 10.1. The van der Waals surface area contributed by atoms with Gasteiger partial charge in [-0.1, -0.05) is 42.5 Å². The smallest absolute Gasteiger partial charge is 0.246 e. The zero-order chi connectivity index (χ0) is 22.9. The lowest BCUT2D eigenvalue weighted by Crippen LogP contribution is -2.39. The van der Waals surface area contributed by atoms with E-state index < -0.39 is 6.04 Å². The molecule has 0 aromatic heterocycles. The highest BCUT2D eigenvalue weighted by Crippen LogP contribution is 2.24. The average molecular weight is 434 g/mol. The normalized spacial score (nSPS) is 11.5. The highest BCUT2D eigenvalue weighted by atomic mass is 16.5. The average Bonchev–Trinajstić information content (AvgIpc) is 2.80. The molecule has 0 saturated heterocycles. The van der Waals surface area contributed by atoms with Crippen LogP contribution in [-0.4, -0.2) is 44.5 Å². The van der Waals surface area contributed by atoms with E-state index in [1.54, 1.807) is 74.7 Å². The molecule has 0 heterocycles. The van der Waals surface area contributed by atoms with E-state index in [0.717, 1.165) is 5.56 Å². The van der Waals surface area contributed by atoms with Crippen LogP contribution in [-0.2, 0) is 9.59 Å². The highest BCUT2D eigenvalue weighted by molar-refractivity contribution is 5.97. The predicted molar refractivity (Wildman–Crippen MR) is 125 cm³/mol. The van der Waals surface area contributed by atoms with Gasteiger partial charge in [-0.25, -0.2) is 0 Å². The summed E-state index contributed by atoms with van der Waals surface area (Å²) in [5, 5.41) is 5.77. The number of methoxy groups -OCH3 is 2. The number of benzene rings is 3. The molecule has 7 heteroatoms. The molecule has 3 aromatic carbocycles. The molecule has 0 unspecified atom stereocenters. The molecule has 2 amide bonds. The van der Waals surface area contributed by atoms with Crippen LogP contribution < -0.4 is 20.1 Å². The summed E-state index contributed by atoms with van der Waals surface area (Å²) in [5.74, 6) is 0.804. The molecule has 1 atom stereocenters. The molecule has 0 saturated carbocycles. The van der Waals surface area contributed by atoms with Gasteiger partial charge in [0.2, 0.25) is 11.8 Å². The number of likely N-dealkylation sites (N-methyl/N-ethyl adjacent to an activating group) is 1. The maximum atomic E-state index is 13.2. The molecule has 3 rings (SSSR count). The number of amides is 2. The minimum atomic E-state index is -0.668. The Bertz CT molecular complexity index is 1060. The van der Waals surface area contributed by atoms with Crippen molar-refractivity contribution in [2.75, 3.05) is 38.4 Å². The maximum absolute atomic E-state index is 13.2. The third-order valence-corrected chi connectivity index (χ3v) is 4.89. The lowest BCUT2D eigenvalue weighted by Gasteiger charge is -2.27. The van der Waals surface area contributed by atoms with Crippen molar-refractivity contribution in [1.82, 2.24) is 4.90 Å². The van der Waals surface area contributed by atoms with Gasteiger partial charge in [0, 0.05) is 23.5 Å².